The molecule has 3 rings (SSSR count). The van der Waals surface area contributed by atoms with E-state index in [1.807, 2.05) is 37.3 Å². The minimum atomic E-state index is -0.527. The molecule has 0 unspecified atom stereocenters. The number of nitrogens with one attached hydrogen (secondary N) is 1. The summed E-state index contributed by atoms with van der Waals surface area (Å²) in [6.45, 7) is 1.94. The molecule has 0 spiro atoms. The third-order valence-electron chi connectivity index (χ3n) is 3.71. The van der Waals surface area contributed by atoms with E-state index >= 15 is 0 Å². The molecule has 1 aromatic heterocycles. The normalized spacial score (nSPS) is 10.7. The Bertz CT molecular complexity index is 865. The highest BCUT2D eigenvalue weighted by Gasteiger charge is 2.20. The Hall–Kier alpha value is -2.23. The van der Waals surface area contributed by atoms with Gasteiger partial charge in [0.1, 0.15) is 5.69 Å². The summed E-state index contributed by atoms with van der Waals surface area (Å²) in [5.41, 5.74) is 10.1. The number of nitrogens with two attached hydrogens (primary N) is 1. The number of carbonyl (C=O) groups excluding carboxylic acids is 1. The van der Waals surface area contributed by atoms with Gasteiger partial charge in [-0.05, 0) is 41.8 Å². The van der Waals surface area contributed by atoms with Crippen molar-refractivity contribution in [2.24, 2.45) is 5.73 Å². The van der Waals surface area contributed by atoms with Gasteiger partial charge in [0.05, 0.1) is 0 Å². The molecule has 3 aromatic rings. The monoisotopic (exact) mass is 344 g/mol. The molecule has 3 nitrogen and oxygen atoms in total. The predicted molar refractivity (Wildman–Crippen MR) is 94.9 cm³/mol. The average Bonchev–Trinajstić information content (AvgIpc) is 2.85. The second-order valence-corrected chi connectivity index (χ2v) is 6.14. The van der Waals surface area contributed by atoms with Gasteiger partial charge in [0.15, 0.2) is 0 Å². The van der Waals surface area contributed by atoms with Crippen molar-refractivity contribution < 1.29 is 4.79 Å². The lowest BCUT2D eigenvalue weighted by atomic mass is 9.99. The Morgan fingerprint density at radius 1 is 1.00 bits per heavy atom. The molecule has 0 radical (unpaired) electrons. The minimum absolute atomic E-state index is 0.347. The molecule has 116 valence electrons. The highest BCUT2D eigenvalue weighted by Crippen LogP contribution is 2.37. The highest BCUT2D eigenvalue weighted by molar-refractivity contribution is 6.35. The lowest BCUT2D eigenvalue weighted by Crippen LogP contribution is -2.12. The first-order chi connectivity index (χ1) is 11.0. The van der Waals surface area contributed by atoms with E-state index in [0.717, 1.165) is 27.9 Å². The van der Waals surface area contributed by atoms with E-state index < -0.39 is 5.91 Å². The molecule has 0 saturated carbocycles. The second-order valence-electron chi connectivity index (χ2n) is 5.26. The first-order valence-corrected chi connectivity index (χ1v) is 7.77. The van der Waals surface area contributed by atoms with Gasteiger partial charge in [0.2, 0.25) is 0 Å². The summed E-state index contributed by atoms with van der Waals surface area (Å²) >= 11 is 12.2. The third kappa shape index (κ3) is 2.98. The number of H-pyrrole nitrogens is 1. The van der Waals surface area contributed by atoms with Crippen LogP contribution in [0.5, 0.6) is 0 Å². The number of amides is 1. The summed E-state index contributed by atoms with van der Waals surface area (Å²) in [5.74, 6) is -0.527. The molecule has 0 aliphatic carbocycles. The van der Waals surface area contributed by atoms with Crippen LogP contribution in [0.25, 0.3) is 22.4 Å². The number of halogens is 2. The van der Waals surface area contributed by atoms with Crippen LogP contribution < -0.4 is 5.73 Å². The quantitative estimate of drug-likeness (QED) is 0.685. The van der Waals surface area contributed by atoms with Crippen LogP contribution in [0.3, 0.4) is 0 Å². The maximum absolute atomic E-state index is 11.9. The molecule has 0 saturated heterocycles. The zero-order chi connectivity index (χ0) is 16.6. The van der Waals surface area contributed by atoms with Gasteiger partial charge >= 0.3 is 0 Å². The summed E-state index contributed by atoms with van der Waals surface area (Å²) in [4.78, 5) is 15.0. The van der Waals surface area contributed by atoms with Crippen LogP contribution >= 0.6 is 23.2 Å². The van der Waals surface area contributed by atoms with Crippen molar-refractivity contribution in [2.75, 3.05) is 0 Å². The van der Waals surface area contributed by atoms with Gasteiger partial charge in [-0.2, -0.15) is 0 Å². The smallest absolute Gasteiger partial charge is 0.265 e. The third-order valence-corrected chi connectivity index (χ3v) is 4.15. The molecular weight excluding hydrogens is 331 g/mol. The van der Waals surface area contributed by atoms with Crippen molar-refractivity contribution in [3.8, 4) is 22.4 Å². The first-order valence-electron chi connectivity index (χ1n) is 7.01. The Balaban J connectivity index is 2.28. The second kappa shape index (κ2) is 6.11. The summed E-state index contributed by atoms with van der Waals surface area (Å²) in [6.07, 6.45) is 0. The van der Waals surface area contributed by atoms with E-state index in [2.05, 4.69) is 4.98 Å². The zero-order valence-corrected chi connectivity index (χ0v) is 13.9. The maximum atomic E-state index is 11.9. The Kier molecular flexibility index (Phi) is 4.16. The number of hydrogen-bond donors (Lipinski definition) is 2. The van der Waals surface area contributed by atoms with E-state index in [1.165, 1.54) is 0 Å². The lowest BCUT2D eigenvalue weighted by Gasteiger charge is -2.06. The minimum Gasteiger partial charge on any atom is -0.364 e. The fraction of sp³-hybridized carbons (Fsp3) is 0.0556. The largest absolute Gasteiger partial charge is 0.364 e. The molecule has 0 atom stereocenters. The Labute approximate surface area is 144 Å². The molecule has 2 aromatic carbocycles. The van der Waals surface area contributed by atoms with Crippen LogP contribution in [-0.2, 0) is 0 Å². The number of primary amides is 1. The van der Waals surface area contributed by atoms with Crippen LogP contribution in [0.4, 0.5) is 0 Å². The van der Waals surface area contributed by atoms with Gasteiger partial charge in [-0.15, -0.1) is 0 Å². The molecule has 0 fully saturated rings. The van der Waals surface area contributed by atoms with Crippen molar-refractivity contribution in [3.05, 3.63) is 69.8 Å². The maximum Gasteiger partial charge on any atom is 0.265 e. The highest BCUT2D eigenvalue weighted by atomic mass is 35.5. The number of carbonyl (C=O) groups is 1. The molecule has 23 heavy (non-hydrogen) atoms. The van der Waals surface area contributed by atoms with Crippen LogP contribution in [0, 0.1) is 6.92 Å². The van der Waals surface area contributed by atoms with E-state index in [9.17, 15) is 4.79 Å². The molecule has 0 aliphatic heterocycles. The molecule has 1 heterocycles. The number of rotatable bonds is 3. The van der Waals surface area contributed by atoms with Crippen molar-refractivity contribution in [2.45, 2.75) is 6.92 Å². The van der Waals surface area contributed by atoms with Crippen LogP contribution in [0.2, 0.25) is 10.0 Å². The summed E-state index contributed by atoms with van der Waals surface area (Å²) < 4.78 is 0. The predicted octanol–water partition coefficient (Wildman–Crippen LogP) is 5.06. The average molecular weight is 345 g/mol. The molecule has 1 amide bonds. The number of hydrogen-bond acceptors (Lipinski definition) is 1. The number of aromatic amines is 1. The van der Waals surface area contributed by atoms with E-state index in [1.54, 1.807) is 18.2 Å². The standard InChI is InChI=1S/C18H14Cl2N2O/c1-10-15(12-7-13(19)9-14(20)8-12)17(18(21)23)22-16(10)11-5-3-2-4-6-11/h2-9,22H,1H3,(H2,21,23). The van der Waals surface area contributed by atoms with E-state index in [4.69, 9.17) is 28.9 Å². The van der Waals surface area contributed by atoms with Crippen molar-refractivity contribution >= 4 is 29.1 Å². The van der Waals surface area contributed by atoms with Gasteiger partial charge < -0.3 is 10.7 Å². The summed E-state index contributed by atoms with van der Waals surface area (Å²) in [6, 6.07) is 14.9. The molecule has 5 heteroatoms. The van der Waals surface area contributed by atoms with Gasteiger partial charge in [-0.1, -0.05) is 53.5 Å². The summed E-state index contributed by atoms with van der Waals surface area (Å²) in [7, 11) is 0. The number of aromatic nitrogens is 1. The SMILES string of the molecule is Cc1c(-c2ccccc2)[nH]c(C(N)=O)c1-c1cc(Cl)cc(Cl)c1. The van der Waals surface area contributed by atoms with Gasteiger partial charge in [0.25, 0.3) is 5.91 Å². The molecule has 0 aliphatic rings. The lowest BCUT2D eigenvalue weighted by molar-refractivity contribution is 0.0997. The fourth-order valence-electron chi connectivity index (χ4n) is 2.73. The fourth-order valence-corrected chi connectivity index (χ4v) is 3.26. The van der Waals surface area contributed by atoms with Crippen LogP contribution in [-0.4, -0.2) is 10.9 Å². The van der Waals surface area contributed by atoms with Crippen molar-refractivity contribution in [1.29, 1.82) is 0 Å². The van der Waals surface area contributed by atoms with Crippen LogP contribution in [0.1, 0.15) is 16.1 Å². The van der Waals surface area contributed by atoms with Gasteiger partial charge in [-0.25, -0.2) is 0 Å². The van der Waals surface area contributed by atoms with Crippen molar-refractivity contribution in [3.63, 3.8) is 0 Å². The topological polar surface area (TPSA) is 58.9 Å². The Morgan fingerprint density at radius 3 is 2.17 bits per heavy atom. The van der Waals surface area contributed by atoms with Gasteiger partial charge in [0, 0.05) is 21.3 Å². The van der Waals surface area contributed by atoms with Crippen molar-refractivity contribution in [1.82, 2.24) is 4.98 Å². The Morgan fingerprint density at radius 2 is 1.61 bits per heavy atom. The zero-order valence-electron chi connectivity index (χ0n) is 12.4. The van der Waals surface area contributed by atoms with Crippen LogP contribution in [0.15, 0.2) is 48.5 Å². The molecular formula is C18H14Cl2N2O. The first kappa shape index (κ1) is 15.7. The molecule has 3 N–H and O–H groups in total. The van der Waals surface area contributed by atoms with E-state index in [0.29, 0.717) is 15.7 Å². The molecule has 0 bridgehead atoms. The number of benzene rings is 2. The van der Waals surface area contributed by atoms with E-state index in [-0.39, 0.29) is 0 Å². The summed E-state index contributed by atoms with van der Waals surface area (Å²) in [5, 5.41) is 1.01. The van der Waals surface area contributed by atoms with Gasteiger partial charge in [-0.3, -0.25) is 4.79 Å².